The van der Waals surface area contributed by atoms with E-state index in [4.69, 9.17) is 9.47 Å². The summed E-state index contributed by atoms with van der Waals surface area (Å²) in [5.41, 5.74) is 2.56. The van der Waals surface area contributed by atoms with Crippen molar-refractivity contribution in [3.8, 4) is 0 Å². The van der Waals surface area contributed by atoms with Crippen LogP contribution in [0, 0.1) is 13.8 Å². The molecule has 0 radical (unpaired) electrons. The first-order valence-corrected chi connectivity index (χ1v) is 6.99. The number of rotatable bonds is 9. The van der Waals surface area contributed by atoms with Gasteiger partial charge in [-0.3, -0.25) is 14.4 Å². The van der Waals surface area contributed by atoms with Crippen LogP contribution >= 0.6 is 0 Å². The van der Waals surface area contributed by atoms with E-state index in [0.717, 1.165) is 17.1 Å². The van der Waals surface area contributed by atoms with Crippen molar-refractivity contribution in [1.29, 1.82) is 0 Å². The molecule has 0 saturated carbocycles. The maximum atomic E-state index is 12.2. The van der Waals surface area contributed by atoms with Crippen LogP contribution in [0.2, 0.25) is 0 Å². The summed E-state index contributed by atoms with van der Waals surface area (Å²) in [4.78, 5) is 14.2. The van der Waals surface area contributed by atoms with Crippen LogP contribution in [0.15, 0.2) is 0 Å². The van der Waals surface area contributed by atoms with Gasteiger partial charge in [0.2, 0.25) is 5.91 Å². The number of nitrogens with zero attached hydrogens (tertiary/aromatic N) is 3. The van der Waals surface area contributed by atoms with Crippen molar-refractivity contribution in [2.75, 3.05) is 52.4 Å². The standard InChI is InChI=1S/C14H26N4O3/c1-11-14(12(2)17(3)16-11)15-13(19)10-18(6-8-20-4)7-9-21-5/h6-10H2,1-5H3,(H,15,19). The van der Waals surface area contributed by atoms with Gasteiger partial charge in [-0.2, -0.15) is 5.10 Å². The van der Waals surface area contributed by atoms with Crippen molar-refractivity contribution in [3.05, 3.63) is 11.4 Å². The highest BCUT2D eigenvalue weighted by Crippen LogP contribution is 2.18. The Hall–Kier alpha value is -1.44. The molecule has 0 atom stereocenters. The number of carbonyl (C=O) groups is 1. The number of carbonyl (C=O) groups excluding carboxylic acids is 1. The molecule has 1 aromatic heterocycles. The van der Waals surface area contributed by atoms with Gasteiger partial charge in [0, 0.05) is 34.4 Å². The largest absolute Gasteiger partial charge is 0.383 e. The molecule has 1 N–H and O–H groups in total. The Labute approximate surface area is 126 Å². The number of amides is 1. The van der Waals surface area contributed by atoms with Crippen molar-refractivity contribution in [1.82, 2.24) is 14.7 Å². The summed E-state index contributed by atoms with van der Waals surface area (Å²) in [6, 6.07) is 0. The highest BCUT2D eigenvalue weighted by atomic mass is 16.5. The first kappa shape index (κ1) is 17.6. The van der Waals surface area contributed by atoms with Gasteiger partial charge in [-0.1, -0.05) is 0 Å². The number of anilines is 1. The van der Waals surface area contributed by atoms with Crippen LogP contribution in [0.5, 0.6) is 0 Å². The average molecular weight is 298 g/mol. The molecule has 0 fully saturated rings. The average Bonchev–Trinajstić information content (AvgIpc) is 2.68. The third-order valence-corrected chi connectivity index (χ3v) is 3.36. The Balaban J connectivity index is 2.59. The summed E-state index contributed by atoms with van der Waals surface area (Å²) in [6.45, 7) is 6.68. The van der Waals surface area contributed by atoms with Gasteiger partial charge < -0.3 is 14.8 Å². The van der Waals surface area contributed by atoms with Gasteiger partial charge in [0.25, 0.3) is 0 Å². The van der Waals surface area contributed by atoms with Gasteiger partial charge >= 0.3 is 0 Å². The van der Waals surface area contributed by atoms with Crippen molar-refractivity contribution >= 4 is 11.6 Å². The van der Waals surface area contributed by atoms with Gasteiger partial charge in [0.15, 0.2) is 0 Å². The molecule has 1 amide bonds. The van der Waals surface area contributed by atoms with Gasteiger partial charge in [-0.05, 0) is 13.8 Å². The normalized spacial score (nSPS) is 11.1. The minimum atomic E-state index is -0.0543. The van der Waals surface area contributed by atoms with E-state index < -0.39 is 0 Å². The Morgan fingerprint density at radius 1 is 1.24 bits per heavy atom. The lowest BCUT2D eigenvalue weighted by Crippen LogP contribution is -2.37. The quantitative estimate of drug-likeness (QED) is 0.722. The van der Waals surface area contributed by atoms with Crippen LogP contribution in [-0.4, -0.2) is 67.7 Å². The first-order valence-electron chi connectivity index (χ1n) is 6.99. The number of ether oxygens (including phenoxy) is 2. The molecular weight excluding hydrogens is 272 g/mol. The molecule has 21 heavy (non-hydrogen) atoms. The first-order chi connectivity index (χ1) is 9.99. The number of hydrogen-bond acceptors (Lipinski definition) is 5. The summed E-state index contributed by atoms with van der Waals surface area (Å²) in [5, 5.41) is 7.23. The molecule has 1 aromatic rings. The molecule has 7 nitrogen and oxygen atoms in total. The minimum Gasteiger partial charge on any atom is -0.383 e. The Morgan fingerprint density at radius 3 is 2.24 bits per heavy atom. The monoisotopic (exact) mass is 298 g/mol. The fourth-order valence-electron chi connectivity index (χ4n) is 2.05. The van der Waals surface area contributed by atoms with Crippen molar-refractivity contribution in [2.24, 2.45) is 7.05 Å². The van der Waals surface area contributed by atoms with Crippen molar-refractivity contribution in [2.45, 2.75) is 13.8 Å². The van der Waals surface area contributed by atoms with Crippen LogP contribution in [0.3, 0.4) is 0 Å². The van der Waals surface area contributed by atoms with Crippen LogP contribution < -0.4 is 5.32 Å². The number of nitrogens with one attached hydrogen (secondary N) is 1. The van der Waals surface area contributed by atoms with Crippen molar-refractivity contribution in [3.63, 3.8) is 0 Å². The predicted octanol–water partition coefficient (Wildman–Crippen LogP) is 0.570. The molecular formula is C14H26N4O3. The van der Waals surface area contributed by atoms with Crippen molar-refractivity contribution < 1.29 is 14.3 Å². The second kappa shape index (κ2) is 8.76. The number of aromatic nitrogens is 2. The molecule has 7 heteroatoms. The lowest BCUT2D eigenvalue weighted by Gasteiger charge is -2.21. The molecule has 0 bridgehead atoms. The van der Waals surface area contributed by atoms with Gasteiger partial charge in [0.1, 0.15) is 0 Å². The zero-order valence-electron chi connectivity index (χ0n) is 13.6. The van der Waals surface area contributed by atoms with Gasteiger partial charge in [0.05, 0.1) is 36.8 Å². The highest BCUT2D eigenvalue weighted by molar-refractivity contribution is 5.93. The van der Waals surface area contributed by atoms with Crippen LogP contribution in [-0.2, 0) is 21.3 Å². The molecule has 0 unspecified atom stereocenters. The molecule has 1 rings (SSSR count). The van der Waals surface area contributed by atoms with Crippen LogP contribution in [0.1, 0.15) is 11.4 Å². The topological polar surface area (TPSA) is 68.6 Å². The highest BCUT2D eigenvalue weighted by Gasteiger charge is 2.15. The van der Waals surface area contributed by atoms with E-state index in [0.29, 0.717) is 32.8 Å². The third-order valence-electron chi connectivity index (χ3n) is 3.36. The molecule has 0 aliphatic carbocycles. The zero-order valence-corrected chi connectivity index (χ0v) is 13.6. The molecule has 0 saturated heterocycles. The summed E-state index contributed by atoms with van der Waals surface area (Å²) < 4.78 is 11.9. The third kappa shape index (κ3) is 5.45. The second-order valence-electron chi connectivity index (χ2n) is 4.98. The zero-order chi connectivity index (χ0) is 15.8. The lowest BCUT2D eigenvalue weighted by atomic mass is 10.3. The lowest BCUT2D eigenvalue weighted by molar-refractivity contribution is -0.117. The van der Waals surface area contributed by atoms with Gasteiger partial charge in [-0.15, -0.1) is 0 Å². The van der Waals surface area contributed by atoms with E-state index in [9.17, 15) is 4.79 Å². The fraction of sp³-hybridized carbons (Fsp3) is 0.714. The maximum Gasteiger partial charge on any atom is 0.238 e. The maximum absolute atomic E-state index is 12.2. The number of aryl methyl sites for hydroxylation is 2. The second-order valence-corrected chi connectivity index (χ2v) is 4.98. The van der Waals surface area contributed by atoms with E-state index in [2.05, 4.69) is 10.4 Å². The molecule has 0 aliphatic heterocycles. The van der Waals surface area contributed by atoms with E-state index in [1.807, 2.05) is 25.8 Å². The molecule has 0 aliphatic rings. The Bertz CT molecular complexity index is 451. The van der Waals surface area contributed by atoms with Crippen LogP contribution in [0.4, 0.5) is 5.69 Å². The molecule has 0 spiro atoms. The SMILES string of the molecule is COCCN(CCOC)CC(=O)Nc1c(C)nn(C)c1C. The molecule has 120 valence electrons. The van der Waals surface area contributed by atoms with E-state index in [-0.39, 0.29) is 5.91 Å². The van der Waals surface area contributed by atoms with Gasteiger partial charge in [-0.25, -0.2) is 0 Å². The Kier molecular flexibility index (Phi) is 7.35. The van der Waals surface area contributed by atoms with E-state index in [1.54, 1.807) is 18.9 Å². The predicted molar refractivity (Wildman–Crippen MR) is 81.5 cm³/mol. The number of methoxy groups -OCH3 is 2. The number of hydrogen-bond donors (Lipinski definition) is 1. The fourth-order valence-corrected chi connectivity index (χ4v) is 2.05. The Morgan fingerprint density at radius 2 is 1.81 bits per heavy atom. The smallest absolute Gasteiger partial charge is 0.238 e. The summed E-state index contributed by atoms with van der Waals surface area (Å²) >= 11 is 0. The summed E-state index contributed by atoms with van der Waals surface area (Å²) in [7, 11) is 5.16. The summed E-state index contributed by atoms with van der Waals surface area (Å²) in [6.07, 6.45) is 0. The summed E-state index contributed by atoms with van der Waals surface area (Å²) in [5.74, 6) is -0.0543. The molecule has 0 aromatic carbocycles. The molecule has 1 heterocycles. The van der Waals surface area contributed by atoms with E-state index in [1.165, 1.54) is 0 Å². The van der Waals surface area contributed by atoms with E-state index >= 15 is 0 Å². The minimum absolute atomic E-state index is 0.0543. The van der Waals surface area contributed by atoms with Crippen LogP contribution in [0.25, 0.3) is 0 Å².